The zero-order valence-corrected chi connectivity index (χ0v) is 12.7. The Labute approximate surface area is 121 Å². The highest BCUT2D eigenvalue weighted by atomic mass is 16.5. The Morgan fingerprint density at radius 1 is 1.35 bits per heavy atom. The number of hydrogen-bond donors (Lipinski definition) is 0. The van der Waals surface area contributed by atoms with E-state index in [2.05, 4.69) is 24.1 Å². The third-order valence-electron chi connectivity index (χ3n) is 3.69. The van der Waals surface area contributed by atoms with Crippen LogP contribution in [0.15, 0.2) is 18.2 Å². The normalized spacial score (nSPS) is 18.7. The van der Waals surface area contributed by atoms with Crippen molar-refractivity contribution in [3.8, 4) is 5.75 Å². The largest absolute Gasteiger partial charge is 0.496 e. The molecule has 0 saturated carbocycles. The van der Waals surface area contributed by atoms with Gasteiger partial charge in [-0.1, -0.05) is 6.07 Å². The third-order valence-corrected chi connectivity index (χ3v) is 3.69. The topological polar surface area (TPSA) is 30.9 Å². The summed E-state index contributed by atoms with van der Waals surface area (Å²) in [6.07, 6.45) is 1.18. The van der Waals surface area contributed by atoms with E-state index in [4.69, 9.17) is 14.2 Å². The Morgan fingerprint density at radius 2 is 2.20 bits per heavy atom. The van der Waals surface area contributed by atoms with E-state index in [0.29, 0.717) is 12.5 Å². The molecular formula is C16H25NO3. The summed E-state index contributed by atoms with van der Waals surface area (Å²) in [5.74, 6) is 1.57. The second-order valence-electron chi connectivity index (χ2n) is 5.51. The van der Waals surface area contributed by atoms with E-state index in [1.807, 2.05) is 6.07 Å². The molecule has 1 aliphatic heterocycles. The molecule has 0 aromatic heterocycles. The van der Waals surface area contributed by atoms with E-state index < -0.39 is 0 Å². The fraction of sp³-hybridized carbons (Fsp3) is 0.625. The van der Waals surface area contributed by atoms with Crippen molar-refractivity contribution in [2.45, 2.75) is 19.6 Å². The van der Waals surface area contributed by atoms with Crippen LogP contribution in [0.4, 0.5) is 0 Å². The Bertz CT molecular complexity index is 416. The predicted molar refractivity (Wildman–Crippen MR) is 79.0 cm³/mol. The average Bonchev–Trinajstić information content (AvgIpc) is 2.92. The SMILES string of the molecule is COCc1cc(CN(C)C[C@@H]2CCOC2)ccc1OC. The van der Waals surface area contributed by atoms with Gasteiger partial charge in [-0.05, 0) is 37.1 Å². The fourth-order valence-corrected chi connectivity index (χ4v) is 2.74. The molecule has 1 heterocycles. The van der Waals surface area contributed by atoms with Crippen LogP contribution < -0.4 is 4.74 Å². The number of methoxy groups -OCH3 is 2. The summed E-state index contributed by atoms with van der Waals surface area (Å²) in [6, 6.07) is 6.32. The van der Waals surface area contributed by atoms with Gasteiger partial charge < -0.3 is 19.1 Å². The first-order chi connectivity index (χ1) is 9.72. The highest BCUT2D eigenvalue weighted by Crippen LogP contribution is 2.22. The average molecular weight is 279 g/mol. The molecule has 0 aliphatic carbocycles. The van der Waals surface area contributed by atoms with Crippen molar-refractivity contribution in [3.63, 3.8) is 0 Å². The molecule has 0 unspecified atom stereocenters. The first-order valence-electron chi connectivity index (χ1n) is 7.14. The second-order valence-corrected chi connectivity index (χ2v) is 5.51. The van der Waals surface area contributed by atoms with E-state index in [-0.39, 0.29) is 0 Å². The van der Waals surface area contributed by atoms with Crippen LogP contribution in [0.25, 0.3) is 0 Å². The summed E-state index contributed by atoms with van der Waals surface area (Å²) in [5.41, 5.74) is 2.39. The summed E-state index contributed by atoms with van der Waals surface area (Å²) in [5, 5.41) is 0. The van der Waals surface area contributed by atoms with Gasteiger partial charge in [0.15, 0.2) is 0 Å². The van der Waals surface area contributed by atoms with Gasteiger partial charge in [-0.3, -0.25) is 0 Å². The number of nitrogens with zero attached hydrogens (tertiary/aromatic N) is 1. The number of ether oxygens (including phenoxy) is 3. The van der Waals surface area contributed by atoms with Crippen molar-refractivity contribution in [1.82, 2.24) is 4.90 Å². The second kappa shape index (κ2) is 7.62. The minimum atomic E-state index is 0.581. The van der Waals surface area contributed by atoms with Crippen molar-refractivity contribution in [2.75, 3.05) is 41.0 Å². The lowest BCUT2D eigenvalue weighted by molar-refractivity contribution is 0.172. The van der Waals surface area contributed by atoms with Gasteiger partial charge in [-0.25, -0.2) is 0 Å². The van der Waals surface area contributed by atoms with E-state index in [9.17, 15) is 0 Å². The summed E-state index contributed by atoms with van der Waals surface area (Å²) in [4.78, 5) is 2.36. The number of benzene rings is 1. The van der Waals surface area contributed by atoms with Gasteiger partial charge >= 0.3 is 0 Å². The molecule has 1 fully saturated rings. The quantitative estimate of drug-likeness (QED) is 0.766. The molecule has 0 spiro atoms. The van der Waals surface area contributed by atoms with Crippen LogP contribution in [-0.4, -0.2) is 45.9 Å². The van der Waals surface area contributed by atoms with Gasteiger partial charge in [-0.2, -0.15) is 0 Å². The van der Waals surface area contributed by atoms with Crippen molar-refractivity contribution in [1.29, 1.82) is 0 Å². The van der Waals surface area contributed by atoms with Gasteiger partial charge in [0.05, 0.1) is 20.3 Å². The first kappa shape index (κ1) is 15.3. The van der Waals surface area contributed by atoms with Crippen LogP contribution in [0.1, 0.15) is 17.5 Å². The van der Waals surface area contributed by atoms with Crippen LogP contribution in [-0.2, 0) is 22.6 Å². The standard InChI is InChI=1S/C16H25NO3/c1-17(10-14-6-7-20-11-14)9-13-4-5-16(19-3)15(8-13)12-18-2/h4-5,8,14H,6-7,9-12H2,1-3H3/t14-/m0/s1. The molecule has 0 N–H and O–H groups in total. The lowest BCUT2D eigenvalue weighted by atomic mass is 10.1. The highest BCUT2D eigenvalue weighted by molar-refractivity contribution is 5.36. The van der Waals surface area contributed by atoms with E-state index in [1.54, 1.807) is 14.2 Å². The van der Waals surface area contributed by atoms with Crippen molar-refractivity contribution < 1.29 is 14.2 Å². The third kappa shape index (κ3) is 4.20. The minimum absolute atomic E-state index is 0.581. The van der Waals surface area contributed by atoms with E-state index in [0.717, 1.165) is 37.6 Å². The zero-order chi connectivity index (χ0) is 14.4. The molecule has 1 saturated heterocycles. The molecule has 0 bridgehead atoms. The van der Waals surface area contributed by atoms with Crippen LogP contribution in [0.5, 0.6) is 5.75 Å². The maximum atomic E-state index is 5.43. The fourth-order valence-electron chi connectivity index (χ4n) is 2.74. The Balaban J connectivity index is 1.95. The van der Waals surface area contributed by atoms with Gasteiger partial charge in [-0.15, -0.1) is 0 Å². The van der Waals surface area contributed by atoms with Crippen LogP contribution in [0.3, 0.4) is 0 Å². The maximum absolute atomic E-state index is 5.43. The van der Waals surface area contributed by atoms with Crippen LogP contribution in [0.2, 0.25) is 0 Å². The predicted octanol–water partition coefficient (Wildman–Crippen LogP) is 2.31. The Hall–Kier alpha value is -1.10. The molecule has 4 nitrogen and oxygen atoms in total. The van der Waals surface area contributed by atoms with Crippen molar-refractivity contribution >= 4 is 0 Å². The number of hydrogen-bond acceptors (Lipinski definition) is 4. The maximum Gasteiger partial charge on any atom is 0.124 e. The van der Waals surface area contributed by atoms with Crippen LogP contribution >= 0.6 is 0 Å². The van der Waals surface area contributed by atoms with Gasteiger partial charge in [0.1, 0.15) is 5.75 Å². The van der Waals surface area contributed by atoms with Crippen LogP contribution in [0, 0.1) is 5.92 Å². The first-order valence-corrected chi connectivity index (χ1v) is 7.14. The zero-order valence-electron chi connectivity index (χ0n) is 12.7. The summed E-state index contributed by atoms with van der Waals surface area (Å²) in [6.45, 7) is 4.43. The van der Waals surface area contributed by atoms with Gasteiger partial charge in [0.2, 0.25) is 0 Å². The monoisotopic (exact) mass is 279 g/mol. The molecule has 20 heavy (non-hydrogen) atoms. The molecule has 1 aromatic carbocycles. The Morgan fingerprint density at radius 3 is 2.85 bits per heavy atom. The molecule has 0 amide bonds. The lowest BCUT2D eigenvalue weighted by Crippen LogP contribution is -2.25. The summed E-state index contributed by atoms with van der Waals surface area (Å²) in [7, 11) is 5.57. The molecule has 1 aromatic rings. The smallest absolute Gasteiger partial charge is 0.124 e. The van der Waals surface area contributed by atoms with Crippen molar-refractivity contribution in [3.05, 3.63) is 29.3 Å². The summed E-state index contributed by atoms with van der Waals surface area (Å²) < 4.78 is 16.0. The van der Waals surface area contributed by atoms with E-state index >= 15 is 0 Å². The van der Waals surface area contributed by atoms with Crippen molar-refractivity contribution in [2.24, 2.45) is 5.92 Å². The molecular weight excluding hydrogens is 254 g/mol. The van der Waals surface area contributed by atoms with Gasteiger partial charge in [0.25, 0.3) is 0 Å². The van der Waals surface area contributed by atoms with Gasteiger partial charge in [0, 0.05) is 32.4 Å². The molecule has 2 rings (SSSR count). The van der Waals surface area contributed by atoms with E-state index in [1.165, 1.54) is 12.0 Å². The number of rotatable bonds is 7. The molecule has 4 heteroatoms. The lowest BCUT2D eigenvalue weighted by Gasteiger charge is -2.20. The minimum Gasteiger partial charge on any atom is -0.496 e. The highest BCUT2D eigenvalue weighted by Gasteiger charge is 2.17. The molecule has 1 atom stereocenters. The Kier molecular flexibility index (Phi) is 5.83. The summed E-state index contributed by atoms with van der Waals surface area (Å²) >= 11 is 0. The molecule has 0 radical (unpaired) electrons. The molecule has 112 valence electrons. The molecule has 1 aliphatic rings.